The maximum Gasteiger partial charge on any atom is 0.410 e. The first-order valence-corrected chi connectivity index (χ1v) is 12.5. The Labute approximate surface area is 221 Å². The molecule has 10 heteroatoms. The van der Waals surface area contributed by atoms with Crippen molar-refractivity contribution in [3.63, 3.8) is 0 Å². The Morgan fingerprint density at radius 1 is 1.16 bits per heavy atom. The Morgan fingerprint density at radius 3 is 2.50 bits per heavy atom. The molecule has 3 aromatic heterocycles. The smallest absolute Gasteiger partial charge is 0.410 e. The Kier molecular flexibility index (Phi) is 6.94. The maximum absolute atomic E-state index is 14.6. The molecule has 4 heterocycles. The zero-order valence-electron chi connectivity index (χ0n) is 23.1. The van der Waals surface area contributed by atoms with Crippen LogP contribution in [0.4, 0.5) is 14.9 Å². The zero-order chi connectivity index (χ0) is 28.0. The van der Waals surface area contributed by atoms with Gasteiger partial charge in [0.2, 0.25) is 5.91 Å². The fraction of sp³-hybridized carbons (Fsp3) is 0.429. The number of anilines is 1. The summed E-state index contributed by atoms with van der Waals surface area (Å²) < 4.78 is 23.2. The van der Waals surface area contributed by atoms with Gasteiger partial charge in [-0.3, -0.25) is 14.3 Å². The van der Waals surface area contributed by atoms with E-state index in [0.717, 1.165) is 5.69 Å². The predicted molar refractivity (Wildman–Crippen MR) is 144 cm³/mol. The van der Waals surface area contributed by atoms with Gasteiger partial charge < -0.3 is 14.0 Å². The average molecular weight is 523 g/mol. The lowest BCUT2D eigenvalue weighted by molar-refractivity contribution is 0.000366. The number of carbonyl (C=O) groups excluding carboxylic acids is 2. The number of halogens is 1. The number of aromatic nitrogens is 3. The molecule has 0 N–H and O–H groups in total. The fourth-order valence-corrected chi connectivity index (χ4v) is 4.58. The molecule has 0 saturated carbocycles. The standard InChI is InChI=1S/C28H35FN6O3/c1-18-14-33-15-21(13-23(29)25(33)30-18)19(2)31-24-10-9-22(16-34(24)20(3)36)32-11-12-35(28(7,8)17-32)26(37)38-27(4,5)6/h9-10,13-16H,2,11-12,17H2,1,3-8H3. The molecule has 1 fully saturated rings. The van der Waals surface area contributed by atoms with Crippen molar-refractivity contribution in [3.8, 4) is 0 Å². The van der Waals surface area contributed by atoms with Crippen LogP contribution >= 0.6 is 0 Å². The highest BCUT2D eigenvalue weighted by Crippen LogP contribution is 2.27. The highest BCUT2D eigenvalue weighted by atomic mass is 19.1. The van der Waals surface area contributed by atoms with Crippen LogP contribution in [-0.2, 0) is 4.74 Å². The Hall–Kier alpha value is -3.95. The first kappa shape index (κ1) is 27.1. The van der Waals surface area contributed by atoms with E-state index in [-0.39, 0.29) is 17.6 Å². The van der Waals surface area contributed by atoms with Gasteiger partial charge in [0.05, 0.1) is 22.6 Å². The third-order valence-electron chi connectivity index (χ3n) is 6.34. The number of imidazole rings is 1. The van der Waals surface area contributed by atoms with Crippen LogP contribution in [0.3, 0.4) is 0 Å². The van der Waals surface area contributed by atoms with Crippen molar-refractivity contribution in [2.75, 3.05) is 24.5 Å². The molecular formula is C28H35FN6O3. The molecule has 9 nitrogen and oxygen atoms in total. The van der Waals surface area contributed by atoms with Crippen LogP contribution in [0.25, 0.3) is 11.3 Å². The summed E-state index contributed by atoms with van der Waals surface area (Å²) in [6, 6.07) is 4.96. The summed E-state index contributed by atoms with van der Waals surface area (Å²) in [6.07, 6.45) is 4.83. The van der Waals surface area contributed by atoms with Crippen LogP contribution in [0, 0.1) is 12.7 Å². The molecular weight excluding hydrogens is 487 g/mol. The van der Waals surface area contributed by atoms with Gasteiger partial charge in [-0.1, -0.05) is 6.58 Å². The van der Waals surface area contributed by atoms with E-state index in [0.29, 0.717) is 42.1 Å². The molecule has 1 amide bonds. The summed E-state index contributed by atoms with van der Waals surface area (Å²) in [5.74, 6) is -0.702. The van der Waals surface area contributed by atoms with Crippen molar-refractivity contribution < 1.29 is 18.7 Å². The number of hydrogen-bond donors (Lipinski definition) is 0. The third kappa shape index (κ3) is 5.64. The quantitative estimate of drug-likeness (QED) is 0.500. The highest BCUT2D eigenvalue weighted by Gasteiger charge is 2.39. The van der Waals surface area contributed by atoms with Gasteiger partial charge in [-0.15, -0.1) is 0 Å². The van der Waals surface area contributed by atoms with Crippen molar-refractivity contribution in [3.05, 3.63) is 65.9 Å². The number of ether oxygens (including phenoxy) is 1. The number of rotatable bonds is 3. The van der Waals surface area contributed by atoms with E-state index < -0.39 is 17.0 Å². The first-order valence-electron chi connectivity index (χ1n) is 12.5. The first-order chi connectivity index (χ1) is 17.6. The Morgan fingerprint density at radius 2 is 1.87 bits per heavy atom. The van der Waals surface area contributed by atoms with Crippen LogP contribution in [0.2, 0.25) is 0 Å². The molecule has 0 aromatic carbocycles. The van der Waals surface area contributed by atoms with Gasteiger partial charge in [-0.25, -0.2) is 19.2 Å². The van der Waals surface area contributed by atoms with E-state index in [9.17, 15) is 14.0 Å². The molecule has 3 aromatic rings. The van der Waals surface area contributed by atoms with Crippen molar-refractivity contribution >= 4 is 29.0 Å². The summed E-state index contributed by atoms with van der Waals surface area (Å²) in [7, 11) is 0. The number of aryl methyl sites for hydroxylation is 1. The largest absolute Gasteiger partial charge is 0.444 e. The average Bonchev–Trinajstić information content (AvgIpc) is 3.18. The minimum absolute atomic E-state index is 0.225. The third-order valence-corrected chi connectivity index (χ3v) is 6.34. The van der Waals surface area contributed by atoms with Crippen LogP contribution < -0.4 is 10.4 Å². The predicted octanol–water partition coefficient (Wildman–Crippen LogP) is 4.65. The molecule has 1 aliphatic rings. The highest BCUT2D eigenvalue weighted by molar-refractivity contribution is 5.77. The van der Waals surface area contributed by atoms with Crippen LogP contribution in [-0.4, -0.2) is 61.6 Å². The molecule has 4 rings (SSSR count). The molecule has 1 saturated heterocycles. The maximum atomic E-state index is 14.6. The van der Waals surface area contributed by atoms with Gasteiger partial charge in [-0.2, -0.15) is 0 Å². The molecule has 0 spiro atoms. The number of piperazine rings is 1. The molecule has 38 heavy (non-hydrogen) atoms. The van der Waals surface area contributed by atoms with Crippen molar-refractivity contribution in [2.45, 2.75) is 59.6 Å². The van der Waals surface area contributed by atoms with E-state index in [1.54, 1.807) is 40.9 Å². The Bertz CT molecular complexity index is 1490. The second-order valence-electron chi connectivity index (χ2n) is 11.2. The number of pyridine rings is 2. The molecule has 0 bridgehead atoms. The molecule has 0 unspecified atom stereocenters. The number of nitrogens with zero attached hydrogens (tertiary/aromatic N) is 6. The van der Waals surface area contributed by atoms with E-state index in [1.165, 1.54) is 17.6 Å². The molecule has 0 aliphatic carbocycles. The van der Waals surface area contributed by atoms with E-state index in [4.69, 9.17) is 4.74 Å². The number of carbonyl (C=O) groups is 2. The van der Waals surface area contributed by atoms with Crippen molar-refractivity contribution in [1.82, 2.24) is 18.9 Å². The summed E-state index contributed by atoms with van der Waals surface area (Å²) in [4.78, 5) is 37.9. The fourth-order valence-electron chi connectivity index (χ4n) is 4.58. The lowest BCUT2D eigenvalue weighted by Gasteiger charge is -2.47. The van der Waals surface area contributed by atoms with E-state index >= 15 is 0 Å². The van der Waals surface area contributed by atoms with E-state index in [1.807, 2.05) is 40.7 Å². The normalized spacial score (nSPS) is 16.2. The lowest BCUT2D eigenvalue weighted by atomic mass is 9.99. The Balaban J connectivity index is 1.61. The monoisotopic (exact) mass is 522 g/mol. The minimum Gasteiger partial charge on any atom is -0.444 e. The van der Waals surface area contributed by atoms with E-state index in [2.05, 4.69) is 21.5 Å². The van der Waals surface area contributed by atoms with Crippen LogP contribution in [0.5, 0.6) is 0 Å². The summed E-state index contributed by atoms with van der Waals surface area (Å²) in [5, 5.41) is 0. The van der Waals surface area contributed by atoms with Gasteiger partial charge in [0, 0.05) is 50.7 Å². The molecule has 0 atom stereocenters. The number of fused-ring (bicyclic) bond motifs is 1. The van der Waals surface area contributed by atoms with Gasteiger partial charge in [0.1, 0.15) is 11.1 Å². The zero-order valence-corrected chi connectivity index (χ0v) is 23.1. The summed E-state index contributed by atoms with van der Waals surface area (Å²) >= 11 is 0. The lowest BCUT2D eigenvalue weighted by Crippen LogP contribution is -2.62. The SMILES string of the molecule is C=C(N=c1ccc(N2CCN(C(=O)OC(C)(C)C)C(C)(C)C2)cn1C(C)=O)c1cc(F)c2nc(C)cn2c1. The number of hydrogen-bond acceptors (Lipinski definition) is 6. The summed E-state index contributed by atoms with van der Waals surface area (Å²) in [6.45, 7) is 18.4. The molecule has 202 valence electrons. The number of amides is 1. The topological polar surface area (TPSA) is 84.4 Å². The molecule has 0 radical (unpaired) electrons. The minimum atomic E-state index is -0.574. The molecule has 1 aliphatic heterocycles. The second kappa shape index (κ2) is 9.74. The summed E-state index contributed by atoms with van der Waals surface area (Å²) in [5.41, 5.74) is 1.85. The van der Waals surface area contributed by atoms with Crippen molar-refractivity contribution in [1.29, 1.82) is 0 Å². The van der Waals surface area contributed by atoms with Gasteiger partial charge in [0.15, 0.2) is 11.5 Å². The van der Waals surface area contributed by atoms with Gasteiger partial charge >= 0.3 is 6.09 Å². The van der Waals surface area contributed by atoms with Gasteiger partial charge in [0.25, 0.3) is 0 Å². The second-order valence-corrected chi connectivity index (χ2v) is 11.2. The van der Waals surface area contributed by atoms with Gasteiger partial charge in [-0.05, 0) is 59.7 Å². The van der Waals surface area contributed by atoms with Crippen LogP contribution in [0.15, 0.2) is 48.4 Å². The van der Waals surface area contributed by atoms with Crippen molar-refractivity contribution in [2.24, 2.45) is 4.99 Å². The van der Waals surface area contributed by atoms with Crippen LogP contribution in [0.1, 0.15) is 57.6 Å².